The van der Waals surface area contributed by atoms with Gasteiger partial charge in [0.2, 0.25) is 0 Å². The van der Waals surface area contributed by atoms with Crippen LogP contribution >= 0.6 is 0 Å². The standard InChI is InChI=1S/C13H24N2/c1-4-8-14-10-12(3)15(9-5-2)11-13-6-7-13/h1,12-14H,5-11H2,2-3H3. The van der Waals surface area contributed by atoms with Crippen LogP contribution in [0.5, 0.6) is 0 Å². The number of rotatable bonds is 8. The average molecular weight is 208 g/mol. The maximum Gasteiger partial charge on any atom is 0.0574 e. The van der Waals surface area contributed by atoms with Gasteiger partial charge < -0.3 is 5.32 Å². The molecule has 1 saturated carbocycles. The first kappa shape index (κ1) is 12.5. The van der Waals surface area contributed by atoms with Crippen molar-refractivity contribution in [2.24, 2.45) is 5.92 Å². The zero-order valence-corrected chi connectivity index (χ0v) is 10.1. The van der Waals surface area contributed by atoms with E-state index in [1.54, 1.807) is 0 Å². The first-order chi connectivity index (χ1) is 7.27. The molecule has 0 aliphatic heterocycles. The highest BCUT2D eigenvalue weighted by molar-refractivity contribution is 4.87. The summed E-state index contributed by atoms with van der Waals surface area (Å²) in [4.78, 5) is 2.60. The Bertz CT molecular complexity index is 203. The predicted octanol–water partition coefficient (Wildman–Crippen LogP) is 1.72. The molecule has 2 nitrogen and oxygen atoms in total. The van der Waals surface area contributed by atoms with E-state index in [4.69, 9.17) is 6.42 Å². The van der Waals surface area contributed by atoms with Crippen molar-refractivity contribution in [3.05, 3.63) is 0 Å². The number of nitrogens with one attached hydrogen (secondary N) is 1. The highest BCUT2D eigenvalue weighted by Crippen LogP contribution is 2.30. The van der Waals surface area contributed by atoms with Crippen LogP contribution in [0.3, 0.4) is 0 Å². The van der Waals surface area contributed by atoms with Crippen molar-refractivity contribution in [3.63, 3.8) is 0 Å². The Morgan fingerprint density at radius 3 is 2.80 bits per heavy atom. The van der Waals surface area contributed by atoms with E-state index in [-0.39, 0.29) is 0 Å². The molecular formula is C13H24N2. The van der Waals surface area contributed by atoms with Gasteiger partial charge in [0.15, 0.2) is 0 Å². The van der Waals surface area contributed by atoms with Gasteiger partial charge in [0.25, 0.3) is 0 Å². The molecule has 0 bridgehead atoms. The van der Waals surface area contributed by atoms with Crippen LogP contribution in [0.2, 0.25) is 0 Å². The molecule has 15 heavy (non-hydrogen) atoms. The van der Waals surface area contributed by atoms with Gasteiger partial charge in [-0.05, 0) is 38.6 Å². The van der Waals surface area contributed by atoms with Gasteiger partial charge >= 0.3 is 0 Å². The average Bonchev–Trinajstić information content (AvgIpc) is 3.01. The van der Waals surface area contributed by atoms with Gasteiger partial charge in [-0.15, -0.1) is 6.42 Å². The van der Waals surface area contributed by atoms with Gasteiger partial charge in [-0.25, -0.2) is 0 Å². The molecule has 1 aliphatic rings. The minimum Gasteiger partial charge on any atom is -0.305 e. The van der Waals surface area contributed by atoms with Crippen LogP contribution in [0.15, 0.2) is 0 Å². The molecule has 0 amide bonds. The Labute approximate surface area is 94.4 Å². The number of hydrogen-bond donors (Lipinski definition) is 1. The number of hydrogen-bond acceptors (Lipinski definition) is 2. The summed E-state index contributed by atoms with van der Waals surface area (Å²) >= 11 is 0. The minimum absolute atomic E-state index is 0.610. The fourth-order valence-corrected chi connectivity index (χ4v) is 1.89. The maximum absolute atomic E-state index is 5.21. The van der Waals surface area contributed by atoms with E-state index in [9.17, 15) is 0 Å². The minimum atomic E-state index is 0.610. The Morgan fingerprint density at radius 1 is 1.53 bits per heavy atom. The molecule has 1 aliphatic carbocycles. The molecule has 0 saturated heterocycles. The molecule has 2 heteroatoms. The molecule has 1 atom stereocenters. The van der Waals surface area contributed by atoms with E-state index in [1.165, 1.54) is 32.4 Å². The van der Waals surface area contributed by atoms with Crippen molar-refractivity contribution in [3.8, 4) is 12.3 Å². The Kier molecular flexibility index (Phi) is 5.75. The monoisotopic (exact) mass is 208 g/mol. The predicted molar refractivity (Wildman–Crippen MR) is 65.8 cm³/mol. The van der Waals surface area contributed by atoms with E-state index in [0.717, 1.165) is 12.5 Å². The first-order valence-electron chi connectivity index (χ1n) is 6.16. The Morgan fingerprint density at radius 2 is 2.27 bits per heavy atom. The largest absolute Gasteiger partial charge is 0.305 e. The SMILES string of the molecule is C#CCNCC(C)N(CCC)CC1CC1. The molecule has 1 unspecified atom stereocenters. The molecular weight excluding hydrogens is 184 g/mol. The fourth-order valence-electron chi connectivity index (χ4n) is 1.89. The van der Waals surface area contributed by atoms with Crippen LogP contribution in [0.4, 0.5) is 0 Å². The molecule has 0 spiro atoms. The summed E-state index contributed by atoms with van der Waals surface area (Å²) in [5.41, 5.74) is 0. The van der Waals surface area contributed by atoms with Crippen molar-refractivity contribution in [1.82, 2.24) is 10.2 Å². The van der Waals surface area contributed by atoms with Crippen molar-refractivity contribution < 1.29 is 0 Å². The van der Waals surface area contributed by atoms with E-state index < -0.39 is 0 Å². The van der Waals surface area contributed by atoms with Crippen LogP contribution < -0.4 is 5.32 Å². The third-order valence-corrected chi connectivity index (χ3v) is 2.99. The van der Waals surface area contributed by atoms with Gasteiger partial charge in [0, 0.05) is 19.1 Å². The lowest BCUT2D eigenvalue weighted by molar-refractivity contribution is 0.197. The van der Waals surface area contributed by atoms with Crippen LogP contribution in [0.1, 0.15) is 33.1 Å². The lowest BCUT2D eigenvalue weighted by Gasteiger charge is -2.28. The van der Waals surface area contributed by atoms with Gasteiger partial charge in [-0.3, -0.25) is 4.90 Å². The molecule has 0 radical (unpaired) electrons. The molecule has 1 N–H and O–H groups in total. The van der Waals surface area contributed by atoms with Gasteiger partial charge in [0.05, 0.1) is 6.54 Å². The topological polar surface area (TPSA) is 15.3 Å². The molecule has 86 valence electrons. The van der Waals surface area contributed by atoms with Crippen molar-refractivity contribution in [2.75, 3.05) is 26.2 Å². The third kappa shape index (κ3) is 5.20. The van der Waals surface area contributed by atoms with Crippen LogP contribution in [-0.2, 0) is 0 Å². The Hall–Kier alpha value is -0.520. The van der Waals surface area contributed by atoms with Crippen LogP contribution in [0.25, 0.3) is 0 Å². The Balaban J connectivity index is 2.22. The summed E-state index contributed by atoms with van der Waals surface area (Å²) in [6, 6.07) is 0.610. The summed E-state index contributed by atoms with van der Waals surface area (Å²) in [6.07, 6.45) is 9.33. The van der Waals surface area contributed by atoms with Crippen molar-refractivity contribution >= 4 is 0 Å². The molecule has 1 fully saturated rings. The summed E-state index contributed by atoms with van der Waals surface area (Å²) in [7, 11) is 0. The van der Waals surface area contributed by atoms with Gasteiger partial charge in [-0.1, -0.05) is 12.8 Å². The second kappa shape index (κ2) is 6.87. The molecule has 0 aromatic rings. The van der Waals surface area contributed by atoms with Crippen molar-refractivity contribution in [1.29, 1.82) is 0 Å². The summed E-state index contributed by atoms with van der Waals surface area (Å²) in [5.74, 6) is 3.60. The molecule has 1 rings (SSSR count). The molecule has 0 aromatic heterocycles. The smallest absolute Gasteiger partial charge is 0.0574 e. The quantitative estimate of drug-likeness (QED) is 0.483. The highest BCUT2D eigenvalue weighted by Gasteiger charge is 2.25. The summed E-state index contributed by atoms with van der Waals surface area (Å²) in [5, 5.41) is 3.29. The van der Waals surface area contributed by atoms with Crippen LogP contribution in [0, 0.1) is 18.3 Å². The van der Waals surface area contributed by atoms with Crippen molar-refractivity contribution in [2.45, 2.75) is 39.2 Å². The highest BCUT2D eigenvalue weighted by atomic mass is 15.2. The van der Waals surface area contributed by atoms with E-state index in [1.807, 2.05) is 0 Å². The fraction of sp³-hybridized carbons (Fsp3) is 0.846. The summed E-state index contributed by atoms with van der Waals surface area (Å²) < 4.78 is 0. The normalized spacial score (nSPS) is 17.7. The molecule has 0 heterocycles. The third-order valence-electron chi connectivity index (χ3n) is 2.99. The second-order valence-corrected chi connectivity index (χ2v) is 4.62. The summed E-state index contributed by atoms with van der Waals surface area (Å²) in [6.45, 7) is 8.75. The lowest BCUT2D eigenvalue weighted by Crippen LogP contribution is -2.42. The second-order valence-electron chi connectivity index (χ2n) is 4.62. The maximum atomic E-state index is 5.21. The number of nitrogens with zero attached hydrogens (tertiary/aromatic N) is 1. The zero-order valence-electron chi connectivity index (χ0n) is 10.1. The van der Waals surface area contributed by atoms with Gasteiger partial charge in [0.1, 0.15) is 0 Å². The number of terminal acetylenes is 1. The zero-order chi connectivity index (χ0) is 11.1. The van der Waals surface area contributed by atoms with Gasteiger partial charge in [-0.2, -0.15) is 0 Å². The first-order valence-corrected chi connectivity index (χ1v) is 6.16. The lowest BCUT2D eigenvalue weighted by atomic mass is 10.2. The van der Waals surface area contributed by atoms with E-state index >= 15 is 0 Å². The molecule has 0 aromatic carbocycles. The van der Waals surface area contributed by atoms with E-state index in [2.05, 4.69) is 30.0 Å². The van der Waals surface area contributed by atoms with Crippen LogP contribution in [-0.4, -0.2) is 37.1 Å². The van der Waals surface area contributed by atoms with E-state index in [0.29, 0.717) is 12.6 Å².